The van der Waals surface area contributed by atoms with Crippen LogP contribution in [0.5, 0.6) is 5.75 Å². The quantitative estimate of drug-likeness (QED) is 0.712. The summed E-state index contributed by atoms with van der Waals surface area (Å²) in [5.41, 5.74) is 1.60. The van der Waals surface area contributed by atoms with E-state index in [4.69, 9.17) is 9.47 Å². The number of aliphatic imine (C=N–C) groups is 1. The summed E-state index contributed by atoms with van der Waals surface area (Å²) in [6.07, 6.45) is 7.79. The molecule has 1 aromatic carbocycles. The number of ether oxygens (including phenoxy) is 2. The van der Waals surface area contributed by atoms with Gasteiger partial charge in [0.05, 0.1) is 23.6 Å². The molecule has 1 unspecified atom stereocenters. The lowest BCUT2D eigenvalue weighted by molar-refractivity contribution is 0.0675. The number of aliphatic hydroxyl groups is 1. The Kier molecular flexibility index (Phi) is 6.30. The molecule has 5 heteroatoms. The molecule has 1 aromatic rings. The van der Waals surface area contributed by atoms with E-state index in [2.05, 4.69) is 18.0 Å². The van der Waals surface area contributed by atoms with Crippen molar-refractivity contribution in [1.82, 2.24) is 0 Å². The summed E-state index contributed by atoms with van der Waals surface area (Å²) in [5.74, 6) is 0.824. The standard InChI is InChI=1S/C22H28N2O3/c1-21(18(8-13-25)7-12-24-21)9-2-14-27-20-5-3-19(4-6-20)22(17-23)10-15-26-16-11-22/h3-7,12,25H,2,8-11,13-16H2,1H3. The van der Waals surface area contributed by atoms with Crippen LogP contribution in [0, 0.1) is 11.3 Å². The van der Waals surface area contributed by atoms with E-state index in [1.165, 1.54) is 5.57 Å². The van der Waals surface area contributed by atoms with Gasteiger partial charge in [-0.3, -0.25) is 4.99 Å². The van der Waals surface area contributed by atoms with Crippen molar-refractivity contribution in [3.63, 3.8) is 0 Å². The average Bonchev–Trinajstić information content (AvgIpc) is 3.07. The third-order valence-corrected chi connectivity index (χ3v) is 5.75. The van der Waals surface area contributed by atoms with Crippen LogP contribution in [0.15, 0.2) is 40.9 Å². The Morgan fingerprint density at radius 3 is 2.67 bits per heavy atom. The molecule has 0 radical (unpaired) electrons. The van der Waals surface area contributed by atoms with Gasteiger partial charge in [0.2, 0.25) is 0 Å². The predicted molar refractivity (Wildman–Crippen MR) is 105 cm³/mol. The van der Waals surface area contributed by atoms with Crippen LogP contribution in [-0.4, -0.2) is 43.3 Å². The maximum atomic E-state index is 9.66. The highest BCUT2D eigenvalue weighted by molar-refractivity contribution is 5.77. The SMILES string of the molecule is CC1(CCCOc2ccc(C3(C#N)CCOCC3)cc2)N=CC=C1CCO. The van der Waals surface area contributed by atoms with Gasteiger partial charge in [0, 0.05) is 26.0 Å². The second-order valence-electron chi connectivity index (χ2n) is 7.50. The van der Waals surface area contributed by atoms with Crippen LogP contribution in [0.4, 0.5) is 0 Å². The van der Waals surface area contributed by atoms with Crippen molar-refractivity contribution >= 4 is 6.21 Å². The van der Waals surface area contributed by atoms with Crippen molar-refractivity contribution in [3.8, 4) is 11.8 Å². The Morgan fingerprint density at radius 2 is 2.00 bits per heavy atom. The highest BCUT2D eigenvalue weighted by atomic mass is 16.5. The third kappa shape index (κ3) is 4.40. The van der Waals surface area contributed by atoms with E-state index in [0.29, 0.717) is 26.2 Å². The molecule has 0 aromatic heterocycles. The van der Waals surface area contributed by atoms with Gasteiger partial charge in [-0.15, -0.1) is 0 Å². The number of benzene rings is 1. The van der Waals surface area contributed by atoms with Crippen LogP contribution in [-0.2, 0) is 10.2 Å². The first-order valence-electron chi connectivity index (χ1n) is 9.70. The zero-order valence-electron chi connectivity index (χ0n) is 16.0. The predicted octanol–water partition coefficient (Wildman–Crippen LogP) is 3.57. The number of hydrogen-bond acceptors (Lipinski definition) is 5. The molecule has 27 heavy (non-hydrogen) atoms. The van der Waals surface area contributed by atoms with Gasteiger partial charge in [-0.05, 0) is 68.4 Å². The molecule has 1 saturated heterocycles. The summed E-state index contributed by atoms with van der Waals surface area (Å²) in [5, 5.41) is 18.8. The second kappa shape index (κ2) is 8.69. The zero-order valence-corrected chi connectivity index (χ0v) is 16.0. The molecule has 0 bridgehead atoms. The summed E-state index contributed by atoms with van der Waals surface area (Å²) < 4.78 is 11.3. The summed E-state index contributed by atoms with van der Waals surface area (Å²) in [7, 11) is 0. The van der Waals surface area contributed by atoms with Gasteiger partial charge in [-0.25, -0.2) is 0 Å². The van der Waals surface area contributed by atoms with Gasteiger partial charge in [-0.1, -0.05) is 12.1 Å². The molecule has 0 spiro atoms. The van der Waals surface area contributed by atoms with Crippen molar-refractivity contribution in [2.24, 2.45) is 4.99 Å². The molecule has 144 valence electrons. The van der Waals surface area contributed by atoms with Gasteiger partial charge < -0.3 is 14.6 Å². The Labute approximate surface area is 161 Å². The molecule has 1 N–H and O–H groups in total. The van der Waals surface area contributed by atoms with E-state index in [0.717, 1.165) is 37.0 Å². The van der Waals surface area contributed by atoms with Gasteiger partial charge in [0.1, 0.15) is 5.75 Å². The molecule has 1 atom stereocenters. The Morgan fingerprint density at radius 1 is 1.26 bits per heavy atom. The molecule has 5 nitrogen and oxygen atoms in total. The summed E-state index contributed by atoms with van der Waals surface area (Å²) in [4.78, 5) is 4.57. The van der Waals surface area contributed by atoms with Gasteiger partial charge in [0.15, 0.2) is 0 Å². The van der Waals surface area contributed by atoms with Crippen LogP contribution in [0.2, 0.25) is 0 Å². The van der Waals surface area contributed by atoms with Gasteiger partial charge >= 0.3 is 0 Å². The normalized spacial score (nSPS) is 23.7. The van der Waals surface area contributed by atoms with Crippen LogP contribution >= 0.6 is 0 Å². The van der Waals surface area contributed by atoms with Crippen LogP contribution in [0.1, 0.15) is 44.6 Å². The van der Waals surface area contributed by atoms with E-state index in [-0.39, 0.29) is 12.1 Å². The van der Waals surface area contributed by atoms with Crippen LogP contribution < -0.4 is 4.74 Å². The second-order valence-corrected chi connectivity index (χ2v) is 7.50. The van der Waals surface area contributed by atoms with Gasteiger partial charge in [-0.2, -0.15) is 5.26 Å². The Bertz CT molecular complexity index is 727. The lowest BCUT2D eigenvalue weighted by atomic mass is 9.75. The number of nitrogens with zero attached hydrogens (tertiary/aromatic N) is 2. The van der Waals surface area contributed by atoms with Crippen molar-refractivity contribution < 1.29 is 14.6 Å². The van der Waals surface area contributed by atoms with Crippen molar-refractivity contribution in [1.29, 1.82) is 5.26 Å². The molecule has 0 saturated carbocycles. The maximum absolute atomic E-state index is 9.66. The lowest BCUT2D eigenvalue weighted by Gasteiger charge is -2.31. The van der Waals surface area contributed by atoms with Crippen molar-refractivity contribution in [3.05, 3.63) is 41.5 Å². The molecule has 0 amide bonds. The third-order valence-electron chi connectivity index (χ3n) is 5.75. The molecule has 3 rings (SSSR count). The van der Waals surface area contributed by atoms with Crippen molar-refractivity contribution in [2.75, 3.05) is 26.4 Å². The Hall–Kier alpha value is -2.16. The fourth-order valence-corrected chi connectivity index (χ4v) is 3.91. The molecule has 2 heterocycles. The first-order valence-corrected chi connectivity index (χ1v) is 9.70. The number of nitriles is 1. The smallest absolute Gasteiger partial charge is 0.119 e. The van der Waals surface area contributed by atoms with E-state index in [1.54, 1.807) is 0 Å². The number of allylic oxidation sites excluding steroid dienone is 1. The zero-order chi connectivity index (χ0) is 19.2. The Balaban J connectivity index is 1.50. The molecule has 1 fully saturated rings. The number of hydrogen-bond donors (Lipinski definition) is 1. The summed E-state index contributed by atoms with van der Waals surface area (Å²) >= 11 is 0. The first-order chi connectivity index (χ1) is 13.1. The first kappa shape index (κ1) is 19.6. The molecular weight excluding hydrogens is 340 g/mol. The van der Waals surface area contributed by atoms with Gasteiger partial charge in [0.25, 0.3) is 0 Å². The van der Waals surface area contributed by atoms with Crippen LogP contribution in [0.25, 0.3) is 0 Å². The van der Waals surface area contributed by atoms with Crippen molar-refractivity contribution in [2.45, 2.75) is 50.0 Å². The molecule has 0 aliphatic carbocycles. The largest absolute Gasteiger partial charge is 0.494 e. The van der Waals surface area contributed by atoms with E-state index < -0.39 is 5.41 Å². The fourth-order valence-electron chi connectivity index (χ4n) is 3.91. The highest BCUT2D eigenvalue weighted by Crippen LogP contribution is 2.35. The lowest BCUT2D eigenvalue weighted by Crippen LogP contribution is -2.32. The summed E-state index contributed by atoms with van der Waals surface area (Å²) in [6, 6.07) is 10.4. The summed E-state index contributed by atoms with van der Waals surface area (Å²) in [6.45, 7) is 4.17. The fraction of sp³-hybridized carbons (Fsp3) is 0.545. The van der Waals surface area contributed by atoms with E-state index in [9.17, 15) is 10.4 Å². The maximum Gasteiger partial charge on any atom is 0.119 e. The monoisotopic (exact) mass is 368 g/mol. The minimum absolute atomic E-state index is 0.157. The van der Waals surface area contributed by atoms with E-state index >= 15 is 0 Å². The topological polar surface area (TPSA) is 74.8 Å². The number of rotatable bonds is 8. The number of aliphatic hydroxyl groups excluding tert-OH is 1. The average molecular weight is 368 g/mol. The van der Waals surface area contributed by atoms with E-state index in [1.807, 2.05) is 36.6 Å². The molecule has 2 aliphatic rings. The van der Waals surface area contributed by atoms with Crippen LogP contribution in [0.3, 0.4) is 0 Å². The minimum Gasteiger partial charge on any atom is -0.494 e. The molecular formula is C22H28N2O3. The minimum atomic E-state index is -0.429. The molecule has 2 aliphatic heterocycles. The highest BCUT2D eigenvalue weighted by Gasteiger charge is 2.34.